The summed E-state index contributed by atoms with van der Waals surface area (Å²) in [5.74, 6) is -7.69. The number of nitrogens with one attached hydrogen (secondary N) is 3. The lowest BCUT2D eigenvalue weighted by Gasteiger charge is -2.42. The lowest BCUT2D eigenvalue weighted by Crippen LogP contribution is -2.53. The maximum Gasteiger partial charge on any atom is 0.294 e. The van der Waals surface area contributed by atoms with Gasteiger partial charge in [0.25, 0.3) is 17.4 Å². The Morgan fingerprint density at radius 2 is 1.79 bits per heavy atom. The summed E-state index contributed by atoms with van der Waals surface area (Å²) in [4.78, 5) is 66.3. The zero-order valence-electron chi connectivity index (χ0n) is 35.6. The quantitative estimate of drug-likeness (QED) is 0.120. The molecule has 3 amide bonds. The molecular formula is C43H49F4N11O5. The summed E-state index contributed by atoms with van der Waals surface area (Å²) in [6.07, 6.45) is 4.29. The molecule has 5 aromatic rings. The number of hydrogen-bond donors (Lipinski definition) is 3. The monoisotopic (exact) mass is 875 g/mol. The normalized spacial score (nSPS) is 19.8. The van der Waals surface area contributed by atoms with Crippen molar-refractivity contribution in [2.24, 2.45) is 13.0 Å². The predicted octanol–water partition coefficient (Wildman–Crippen LogP) is 4.97. The molecule has 0 radical (unpaired) electrons. The third-order valence-electron chi connectivity index (χ3n) is 12.4. The number of pyridine rings is 2. The second kappa shape index (κ2) is 17.2. The van der Waals surface area contributed by atoms with Crippen molar-refractivity contribution in [2.75, 3.05) is 56.6 Å². The van der Waals surface area contributed by atoms with Gasteiger partial charge in [-0.2, -0.15) is 10.1 Å². The van der Waals surface area contributed by atoms with E-state index in [0.29, 0.717) is 54.0 Å². The maximum absolute atomic E-state index is 16.2. The number of alkyl halides is 2. The van der Waals surface area contributed by atoms with Gasteiger partial charge < -0.3 is 25.2 Å². The van der Waals surface area contributed by atoms with Crippen LogP contribution < -0.4 is 31.1 Å². The third-order valence-corrected chi connectivity index (χ3v) is 12.4. The van der Waals surface area contributed by atoms with Gasteiger partial charge in [0.15, 0.2) is 18.2 Å². The van der Waals surface area contributed by atoms with Crippen LogP contribution in [-0.4, -0.2) is 104 Å². The SMILES string of the molecule is CNC(=O)COc1cc2cc(Nc3nc(N4CC[C@H](CN5CCC(c6c(F)cc7c(C8CCC(=O)NC8=O)nn(C)c7c6F)CC5)C(F)(F)C4)ncc3C)cnc2n(C(C)C)c1=O. The number of anilines is 3. The molecule has 0 saturated carbocycles. The molecule has 16 nitrogen and oxygen atoms in total. The second-order valence-corrected chi connectivity index (χ2v) is 16.9. The molecule has 1 unspecified atom stereocenters. The van der Waals surface area contributed by atoms with Crippen LogP contribution in [0.15, 0.2) is 35.4 Å². The first-order valence-corrected chi connectivity index (χ1v) is 21.1. The van der Waals surface area contributed by atoms with Crippen LogP contribution in [0.3, 0.4) is 0 Å². The van der Waals surface area contributed by atoms with Crippen LogP contribution in [-0.2, 0) is 21.4 Å². The Kier molecular flexibility index (Phi) is 11.9. The number of carbonyl (C=O) groups excluding carboxylic acids is 3. The van der Waals surface area contributed by atoms with Crippen molar-refractivity contribution in [3.63, 3.8) is 0 Å². The van der Waals surface area contributed by atoms with Crippen LogP contribution in [0, 0.1) is 24.5 Å². The Morgan fingerprint density at radius 3 is 2.49 bits per heavy atom. The third kappa shape index (κ3) is 8.51. The number of piperidine rings is 3. The number of fused-ring (bicyclic) bond motifs is 2. The van der Waals surface area contributed by atoms with E-state index in [1.165, 1.54) is 40.4 Å². The minimum absolute atomic E-state index is 0.0116. The highest BCUT2D eigenvalue weighted by Gasteiger charge is 2.46. The molecule has 7 heterocycles. The summed E-state index contributed by atoms with van der Waals surface area (Å²) in [6, 6.07) is 4.23. The number of carbonyl (C=O) groups is 3. The molecule has 3 aliphatic heterocycles. The van der Waals surface area contributed by atoms with Gasteiger partial charge in [-0.05, 0) is 83.7 Å². The zero-order valence-corrected chi connectivity index (χ0v) is 35.6. The number of hydrogen-bond acceptors (Lipinski definition) is 12. The van der Waals surface area contributed by atoms with Crippen molar-refractivity contribution in [3.05, 3.63) is 69.4 Å². The van der Waals surface area contributed by atoms with E-state index in [1.54, 1.807) is 25.4 Å². The van der Waals surface area contributed by atoms with Crippen molar-refractivity contribution in [2.45, 2.75) is 76.7 Å². The van der Waals surface area contributed by atoms with Crippen molar-refractivity contribution >= 4 is 57.1 Å². The van der Waals surface area contributed by atoms with Crippen molar-refractivity contribution < 1.29 is 36.7 Å². The number of imide groups is 1. The molecule has 0 spiro atoms. The van der Waals surface area contributed by atoms with Crippen LogP contribution in [0.2, 0.25) is 0 Å². The van der Waals surface area contributed by atoms with E-state index in [2.05, 4.69) is 36.0 Å². The smallest absolute Gasteiger partial charge is 0.294 e. The summed E-state index contributed by atoms with van der Waals surface area (Å²) in [7, 11) is 3.00. The highest BCUT2D eigenvalue weighted by molar-refractivity contribution is 6.02. The van der Waals surface area contributed by atoms with Gasteiger partial charge in [0.1, 0.15) is 22.8 Å². The molecule has 0 aliphatic carbocycles. The van der Waals surface area contributed by atoms with Crippen LogP contribution >= 0.6 is 0 Å². The molecule has 3 fully saturated rings. The molecule has 0 bridgehead atoms. The van der Waals surface area contributed by atoms with Gasteiger partial charge in [-0.15, -0.1) is 0 Å². The van der Waals surface area contributed by atoms with Crippen LogP contribution in [0.4, 0.5) is 35.0 Å². The first-order valence-electron chi connectivity index (χ1n) is 21.1. The standard InChI is InChI=1S/C43H49F4N11O5/c1-22(2)58-39-25(15-31(41(58)62)63-20-33(60)48-4)14-27(18-49-39)51-38-23(3)17-50-42(53-38)57-13-10-26(43(46,47)21-57)19-56-11-8-24(9-12-56)34-30(44)16-29-36(54-55(5)37(29)35(34)45)28-6-7-32(59)52-40(28)61/h14-18,22,24,26,28H,6-13,19-21H2,1-5H3,(H,48,60)(H,50,51,53)(H,52,59,61)/t26-,28?/m1/s1. The molecule has 8 rings (SSSR count). The number of ether oxygens (including phenoxy) is 1. The summed E-state index contributed by atoms with van der Waals surface area (Å²) in [6.45, 7) is 5.68. The topological polar surface area (TPSA) is 181 Å². The molecule has 4 aromatic heterocycles. The summed E-state index contributed by atoms with van der Waals surface area (Å²) in [5.41, 5.74) is 1.38. The largest absolute Gasteiger partial charge is 0.478 e. The first kappa shape index (κ1) is 43.5. The number of halogens is 4. The molecule has 3 aliphatic rings. The number of aryl methyl sites for hydroxylation is 2. The van der Waals surface area contributed by atoms with Gasteiger partial charge in [0.05, 0.1) is 30.0 Å². The van der Waals surface area contributed by atoms with E-state index in [0.717, 1.165) is 0 Å². The number of likely N-dealkylation sites (tertiary alicyclic amines) is 1. The minimum Gasteiger partial charge on any atom is -0.478 e. The van der Waals surface area contributed by atoms with Gasteiger partial charge in [-0.3, -0.25) is 33.7 Å². The minimum atomic E-state index is -3.09. The van der Waals surface area contributed by atoms with Gasteiger partial charge >= 0.3 is 0 Å². The number of amides is 3. The molecule has 63 heavy (non-hydrogen) atoms. The Hall–Kier alpha value is -6.18. The Labute approximate surface area is 359 Å². The van der Waals surface area contributed by atoms with Crippen molar-refractivity contribution in [1.29, 1.82) is 0 Å². The highest BCUT2D eigenvalue weighted by atomic mass is 19.3. The van der Waals surface area contributed by atoms with E-state index in [1.807, 2.05) is 18.7 Å². The van der Waals surface area contributed by atoms with Crippen LogP contribution in [0.5, 0.6) is 5.75 Å². The molecular weight excluding hydrogens is 827 g/mol. The number of rotatable bonds is 11. The summed E-state index contributed by atoms with van der Waals surface area (Å²) >= 11 is 0. The fraction of sp³-hybridized carbons (Fsp3) is 0.488. The Bertz CT molecular complexity index is 2680. The average Bonchev–Trinajstić information content (AvgIpc) is 3.56. The molecule has 20 heteroatoms. The van der Waals surface area contributed by atoms with E-state index in [4.69, 9.17) is 4.74 Å². The fourth-order valence-corrected chi connectivity index (χ4v) is 9.00. The van der Waals surface area contributed by atoms with E-state index in [9.17, 15) is 19.2 Å². The summed E-state index contributed by atoms with van der Waals surface area (Å²) < 4.78 is 72.2. The number of aromatic nitrogens is 6. The maximum atomic E-state index is 16.2. The Balaban J connectivity index is 0.915. The van der Waals surface area contributed by atoms with Crippen LogP contribution in [0.25, 0.3) is 21.9 Å². The van der Waals surface area contributed by atoms with Crippen molar-refractivity contribution in [3.8, 4) is 5.75 Å². The molecule has 1 aromatic carbocycles. The van der Waals surface area contributed by atoms with Gasteiger partial charge in [0, 0.05) is 73.7 Å². The van der Waals surface area contributed by atoms with E-state index >= 15 is 17.6 Å². The number of likely N-dealkylation sites (N-methyl/N-ethyl adjacent to an activating group) is 1. The first-order chi connectivity index (χ1) is 30.0. The highest BCUT2D eigenvalue weighted by Crippen LogP contribution is 2.40. The fourth-order valence-electron chi connectivity index (χ4n) is 9.00. The second-order valence-electron chi connectivity index (χ2n) is 16.9. The predicted molar refractivity (Wildman–Crippen MR) is 225 cm³/mol. The van der Waals surface area contributed by atoms with Gasteiger partial charge in [-0.1, -0.05) is 0 Å². The molecule has 2 atom stereocenters. The van der Waals surface area contributed by atoms with E-state index < -0.39 is 65.1 Å². The summed E-state index contributed by atoms with van der Waals surface area (Å²) in [5, 5.41) is 13.1. The lowest BCUT2D eigenvalue weighted by molar-refractivity contribution is -0.134. The number of benzene rings is 1. The van der Waals surface area contributed by atoms with Gasteiger partial charge in [0.2, 0.25) is 17.8 Å². The molecule has 3 saturated heterocycles. The lowest BCUT2D eigenvalue weighted by atomic mass is 9.86. The molecule has 3 N–H and O–H groups in total. The van der Waals surface area contributed by atoms with Crippen LogP contribution in [0.1, 0.15) is 80.7 Å². The average molecular weight is 876 g/mol. The number of nitrogens with zero attached hydrogens (tertiary/aromatic N) is 8. The van der Waals surface area contributed by atoms with E-state index in [-0.39, 0.29) is 78.9 Å². The molecule has 334 valence electrons. The van der Waals surface area contributed by atoms with Crippen molar-refractivity contribution in [1.82, 2.24) is 44.8 Å². The Morgan fingerprint density at radius 1 is 1.03 bits per heavy atom. The zero-order chi connectivity index (χ0) is 44.9. The van der Waals surface area contributed by atoms with Gasteiger partial charge in [-0.25, -0.2) is 27.5 Å².